The van der Waals surface area contributed by atoms with Gasteiger partial charge < -0.3 is 19.9 Å². The summed E-state index contributed by atoms with van der Waals surface area (Å²) < 4.78 is 16.5. The highest BCUT2D eigenvalue weighted by Crippen LogP contribution is 2.45. The number of hydrogen-bond acceptors (Lipinski definition) is 4. The van der Waals surface area contributed by atoms with E-state index in [0.29, 0.717) is 5.75 Å². The molecule has 0 bridgehead atoms. The number of rotatable bonds is 2. The molecule has 0 saturated carbocycles. The molecule has 0 aliphatic carbocycles. The van der Waals surface area contributed by atoms with Crippen LogP contribution >= 0.6 is 0 Å². The zero-order valence-electron chi connectivity index (χ0n) is 10.7. The number of fused-ring (bicyclic) bond motifs is 1. The van der Waals surface area contributed by atoms with E-state index >= 15 is 0 Å². The van der Waals surface area contributed by atoms with Gasteiger partial charge in [0.1, 0.15) is 22.8 Å². The van der Waals surface area contributed by atoms with E-state index in [1.807, 2.05) is 26.0 Å². The van der Waals surface area contributed by atoms with Crippen LogP contribution in [0.4, 0.5) is 0 Å². The van der Waals surface area contributed by atoms with Gasteiger partial charge in [-0.05, 0) is 13.8 Å². The van der Waals surface area contributed by atoms with Crippen molar-refractivity contribution in [3.8, 4) is 17.2 Å². The fourth-order valence-corrected chi connectivity index (χ4v) is 2.28. The molecule has 1 aromatic carbocycles. The van der Waals surface area contributed by atoms with Crippen LogP contribution in [0.25, 0.3) is 0 Å². The third kappa shape index (κ3) is 2.17. The molecule has 0 fully saturated rings. The maximum absolute atomic E-state index is 6.19. The van der Waals surface area contributed by atoms with E-state index in [2.05, 4.69) is 0 Å². The summed E-state index contributed by atoms with van der Waals surface area (Å²) >= 11 is 0. The van der Waals surface area contributed by atoms with Gasteiger partial charge in [0.05, 0.1) is 19.8 Å². The second kappa shape index (κ2) is 4.11. The van der Waals surface area contributed by atoms with Crippen molar-refractivity contribution in [1.29, 1.82) is 0 Å². The van der Waals surface area contributed by atoms with E-state index in [-0.39, 0.29) is 11.6 Å². The van der Waals surface area contributed by atoms with Crippen molar-refractivity contribution < 1.29 is 14.2 Å². The standard InChI is InChI=1S/C13H19NO3/c1-13(2)7-9(14)12-10(16-4)5-8(15-3)6-11(12)17-13/h5-6,9H,7,14H2,1-4H3. The fraction of sp³-hybridized carbons (Fsp3) is 0.538. The Kier molecular flexibility index (Phi) is 2.91. The van der Waals surface area contributed by atoms with Crippen molar-refractivity contribution in [2.75, 3.05) is 14.2 Å². The largest absolute Gasteiger partial charge is 0.496 e. The zero-order chi connectivity index (χ0) is 12.6. The Labute approximate surface area is 102 Å². The second-order valence-electron chi connectivity index (χ2n) is 4.91. The van der Waals surface area contributed by atoms with E-state index in [9.17, 15) is 0 Å². The van der Waals surface area contributed by atoms with Crippen LogP contribution in [0.15, 0.2) is 12.1 Å². The maximum atomic E-state index is 6.19. The summed E-state index contributed by atoms with van der Waals surface area (Å²) in [5, 5.41) is 0. The maximum Gasteiger partial charge on any atom is 0.132 e. The minimum absolute atomic E-state index is 0.0744. The third-order valence-electron chi connectivity index (χ3n) is 3.00. The van der Waals surface area contributed by atoms with Crippen LogP contribution in [-0.2, 0) is 0 Å². The molecule has 1 aliphatic heterocycles. The molecule has 2 rings (SSSR count). The molecule has 4 nitrogen and oxygen atoms in total. The fourth-order valence-electron chi connectivity index (χ4n) is 2.28. The summed E-state index contributed by atoms with van der Waals surface area (Å²) in [6.45, 7) is 4.06. The van der Waals surface area contributed by atoms with Gasteiger partial charge in [0.15, 0.2) is 0 Å². The van der Waals surface area contributed by atoms with Gasteiger partial charge in [-0.25, -0.2) is 0 Å². The van der Waals surface area contributed by atoms with Crippen molar-refractivity contribution in [3.05, 3.63) is 17.7 Å². The number of hydrogen-bond donors (Lipinski definition) is 1. The average molecular weight is 237 g/mol. The van der Waals surface area contributed by atoms with Crippen LogP contribution in [0.2, 0.25) is 0 Å². The highest BCUT2D eigenvalue weighted by molar-refractivity contribution is 5.53. The van der Waals surface area contributed by atoms with Gasteiger partial charge in [0.25, 0.3) is 0 Å². The first kappa shape index (κ1) is 12.0. The molecule has 1 aromatic rings. The Hall–Kier alpha value is -1.42. The highest BCUT2D eigenvalue weighted by atomic mass is 16.5. The predicted molar refractivity (Wildman–Crippen MR) is 65.8 cm³/mol. The van der Waals surface area contributed by atoms with Gasteiger partial charge in [-0.15, -0.1) is 0 Å². The van der Waals surface area contributed by atoms with Crippen LogP contribution in [0.1, 0.15) is 31.9 Å². The summed E-state index contributed by atoms with van der Waals surface area (Å²) in [6, 6.07) is 3.62. The zero-order valence-corrected chi connectivity index (χ0v) is 10.7. The van der Waals surface area contributed by atoms with Crippen molar-refractivity contribution in [2.45, 2.75) is 31.9 Å². The SMILES string of the molecule is COc1cc(OC)c2c(c1)OC(C)(C)CC2N. The Bertz CT molecular complexity index is 429. The molecule has 0 radical (unpaired) electrons. The number of benzene rings is 1. The molecule has 2 N–H and O–H groups in total. The monoisotopic (exact) mass is 237 g/mol. The van der Waals surface area contributed by atoms with E-state index < -0.39 is 0 Å². The van der Waals surface area contributed by atoms with Crippen molar-refractivity contribution in [2.24, 2.45) is 5.73 Å². The Morgan fingerprint density at radius 2 is 2.00 bits per heavy atom. The topological polar surface area (TPSA) is 53.7 Å². The molecule has 1 heterocycles. The van der Waals surface area contributed by atoms with Crippen LogP contribution in [0.5, 0.6) is 17.2 Å². The van der Waals surface area contributed by atoms with E-state index in [4.69, 9.17) is 19.9 Å². The van der Waals surface area contributed by atoms with Crippen molar-refractivity contribution in [1.82, 2.24) is 0 Å². The lowest BCUT2D eigenvalue weighted by atomic mass is 9.89. The number of methoxy groups -OCH3 is 2. The molecule has 94 valence electrons. The number of ether oxygens (including phenoxy) is 3. The van der Waals surface area contributed by atoms with E-state index in [1.54, 1.807) is 14.2 Å². The van der Waals surface area contributed by atoms with Crippen LogP contribution in [-0.4, -0.2) is 19.8 Å². The predicted octanol–water partition coefficient (Wildman–Crippen LogP) is 2.26. The summed E-state index contributed by atoms with van der Waals surface area (Å²) in [6.07, 6.45) is 0.767. The Morgan fingerprint density at radius 1 is 1.29 bits per heavy atom. The molecule has 1 aliphatic rings. The first-order valence-corrected chi connectivity index (χ1v) is 5.67. The molecule has 0 spiro atoms. The minimum atomic E-state index is -0.260. The molecule has 1 unspecified atom stereocenters. The molecule has 17 heavy (non-hydrogen) atoms. The summed E-state index contributed by atoms with van der Waals surface area (Å²) in [5.41, 5.74) is 6.85. The van der Waals surface area contributed by atoms with Gasteiger partial charge in [0.2, 0.25) is 0 Å². The number of nitrogens with two attached hydrogens (primary N) is 1. The lowest BCUT2D eigenvalue weighted by Crippen LogP contribution is -2.37. The normalized spacial score (nSPS) is 21.4. The molecule has 0 saturated heterocycles. The van der Waals surface area contributed by atoms with Gasteiger partial charge in [-0.2, -0.15) is 0 Å². The molecule has 1 atom stereocenters. The Morgan fingerprint density at radius 3 is 2.59 bits per heavy atom. The van der Waals surface area contributed by atoms with Crippen molar-refractivity contribution in [3.63, 3.8) is 0 Å². The van der Waals surface area contributed by atoms with Crippen LogP contribution < -0.4 is 19.9 Å². The Balaban J connectivity index is 2.54. The quantitative estimate of drug-likeness (QED) is 0.857. The second-order valence-corrected chi connectivity index (χ2v) is 4.91. The van der Waals surface area contributed by atoms with Gasteiger partial charge >= 0.3 is 0 Å². The van der Waals surface area contributed by atoms with E-state index in [1.165, 1.54) is 0 Å². The first-order chi connectivity index (χ1) is 7.96. The highest BCUT2D eigenvalue weighted by Gasteiger charge is 2.34. The summed E-state index contributed by atoms with van der Waals surface area (Å²) in [5.74, 6) is 2.19. The third-order valence-corrected chi connectivity index (χ3v) is 3.00. The van der Waals surface area contributed by atoms with Gasteiger partial charge in [-0.3, -0.25) is 0 Å². The van der Waals surface area contributed by atoms with Crippen LogP contribution in [0.3, 0.4) is 0 Å². The molecular formula is C13H19NO3. The first-order valence-electron chi connectivity index (χ1n) is 5.67. The smallest absolute Gasteiger partial charge is 0.132 e. The lowest BCUT2D eigenvalue weighted by molar-refractivity contribution is 0.0713. The van der Waals surface area contributed by atoms with E-state index in [0.717, 1.165) is 23.5 Å². The molecule has 4 heteroatoms. The van der Waals surface area contributed by atoms with Crippen molar-refractivity contribution >= 4 is 0 Å². The summed E-state index contributed by atoms with van der Waals surface area (Å²) in [7, 11) is 3.25. The molecular weight excluding hydrogens is 218 g/mol. The molecule has 0 amide bonds. The minimum Gasteiger partial charge on any atom is -0.496 e. The van der Waals surface area contributed by atoms with Gasteiger partial charge in [-0.1, -0.05) is 0 Å². The lowest BCUT2D eigenvalue weighted by Gasteiger charge is -2.36. The van der Waals surface area contributed by atoms with Gasteiger partial charge in [0, 0.05) is 24.6 Å². The van der Waals surface area contributed by atoms with Crippen LogP contribution in [0, 0.1) is 0 Å². The molecule has 0 aromatic heterocycles. The summed E-state index contributed by atoms with van der Waals surface area (Å²) in [4.78, 5) is 0. The average Bonchev–Trinajstić information content (AvgIpc) is 2.25.